The van der Waals surface area contributed by atoms with E-state index in [-0.39, 0.29) is 0 Å². The summed E-state index contributed by atoms with van der Waals surface area (Å²) >= 11 is 0. The van der Waals surface area contributed by atoms with Crippen LogP contribution >= 0.6 is 0 Å². The van der Waals surface area contributed by atoms with Crippen molar-refractivity contribution < 1.29 is 0 Å². The number of anilines is 3. The number of rotatable bonds is 7. The molecule has 3 N–H and O–H groups in total. The predicted octanol–water partition coefficient (Wildman–Crippen LogP) is 3.97. The van der Waals surface area contributed by atoms with Crippen molar-refractivity contribution in [2.24, 2.45) is 0 Å². The molecule has 3 aromatic heterocycles. The van der Waals surface area contributed by atoms with Crippen molar-refractivity contribution in [3.63, 3.8) is 0 Å². The SMILES string of the molecule is C=C(Nc1cn[nH]c1C(=C)Nc1ccc(N2CCCC2)nc1)c1cccnc1. The Hall–Kier alpha value is -3.61. The van der Waals surface area contributed by atoms with Gasteiger partial charge in [-0.2, -0.15) is 5.10 Å². The van der Waals surface area contributed by atoms with Crippen molar-refractivity contribution in [1.82, 2.24) is 20.2 Å². The Kier molecular flexibility index (Phi) is 5.05. The third-order valence-electron chi connectivity index (χ3n) is 4.71. The number of hydrogen-bond donors (Lipinski definition) is 3. The van der Waals surface area contributed by atoms with Gasteiger partial charge in [-0.1, -0.05) is 13.2 Å². The monoisotopic (exact) mass is 373 g/mol. The van der Waals surface area contributed by atoms with Crippen LogP contribution in [0.15, 0.2) is 62.2 Å². The minimum Gasteiger partial charge on any atom is -0.357 e. The molecule has 7 nitrogen and oxygen atoms in total. The van der Waals surface area contributed by atoms with Gasteiger partial charge in [0, 0.05) is 36.7 Å². The maximum absolute atomic E-state index is 4.57. The van der Waals surface area contributed by atoms with Crippen molar-refractivity contribution >= 4 is 28.6 Å². The van der Waals surface area contributed by atoms with Crippen LogP contribution in [0.1, 0.15) is 24.1 Å². The lowest BCUT2D eigenvalue weighted by molar-refractivity contribution is 0.938. The largest absolute Gasteiger partial charge is 0.357 e. The lowest BCUT2D eigenvalue weighted by Crippen LogP contribution is -2.18. The summed E-state index contributed by atoms with van der Waals surface area (Å²) < 4.78 is 0. The molecule has 1 saturated heterocycles. The Morgan fingerprint density at radius 1 is 1.00 bits per heavy atom. The second kappa shape index (κ2) is 7.96. The fourth-order valence-corrected chi connectivity index (χ4v) is 3.22. The molecule has 0 spiro atoms. The molecule has 0 bridgehead atoms. The topological polar surface area (TPSA) is 81.8 Å². The molecule has 0 unspecified atom stereocenters. The van der Waals surface area contributed by atoms with E-state index in [1.807, 2.05) is 30.5 Å². The molecule has 0 atom stereocenters. The Labute approximate surface area is 164 Å². The van der Waals surface area contributed by atoms with Crippen LogP contribution in [0.4, 0.5) is 17.2 Å². The lowest BCUT2D eigenvalue weighted by Gasteiger charge is -2.17. The van der Waals surface area contributed by atoms with Gasteiger partial charge in [0.05, 0.1) is 29.5 Å². The summed E-state index contributed by atoms with van der Waals surface area (Å²) in [5.74, 6) is 1.02. The van der Waals surface area contributed by atoms with E-state index in [1.54, 1.807) is 18.6 Å². The quantitative estimate of drug-likeness (QED) is 0.581. The minimum atomic E-state index is 0.690. The fourth-order valence-electron chi connectivity index (χ4n) is 3.22. The molecule has 0 aromatic carbocycles. The van der Waals surface area contributed by atoms with Crippen LogP contribution < -0.4 is 15.5 Å². The van der Waals surface area contributed by atoms with Gasteiger partial charge in [0.25, 0.3) is 0 Å². The first kappa shape index (κ1) is 17.8. The molecule has 1 aliphatic rings. The highest BCUT2D eigenvalue weighted by atomic mass is 15.2. The number of aromatic amines is 1. The molecule has 3 aromatic rings. The van der Waals surface area contributed by atoms with E-state index in [4.69, 9.17) is 0 Å². The Morgan fingerprint density at radius 3 is 2.57 bits per heavy atom. The molecule has 0 aliphatic carbocycles. The summed E-state index contributed by atoms with van der Waals surface area (Å²) in [5.41, 5.74) is 4.76. The average Bonchev–Trinajstić information content (AvgIpc) is 3.41. The molecular weight excluding hydrogens is 350 g/mol. The zero-order valence-electron chi connectivity index (χ0n) is 15.7. The fraction of sp³-hybridized carbons (Fsp3) is 0.190. The van der Waals surface area contributed by atoms with E-state index in [0.717, 1.165) is 47.2 Å². The number of hydrogen-bond acceptors (Lipinski definition) is 6. The van der Waals surface area contributed by atoms with Gasteiger partial charge in [-0.05, 0) is 37.1 Å². The van der Waals surface area contributed by atoms with Gasteiger partial charge in [-0.25, -0.2) is 4.98 Å². The summed E-state index contributed by atoms with van der Waals surface area (Å²) in [5, 5.41) is 13.7. The van der Waals surface area contributed by atoms with E-state index in [2.05, 4.69) is 48.9 Å². The first-order chi connectivity index (χ1) is 13.7. The number of H-pyrrole nitrogens is 1. The maximum Gasteiger partial charge on any atom is 0.128 e. The van der Waals surface area contributed by atoms with Crippen LogP contribution in [0, 0.1) is 0 Å². The van der Waals surface area contributed by atoms with Crippen molar-refractivity contribution in [3.8, 4) is 0 Å². The van der Waals surface area contributed by atoms with Gasteiger partial charge in [0.15, 0.2) is 0 Å². The van der Waals surface area contributed by atoms with Crippen LogP contribution in [-0.2, 0) is 0 Å². The summed E-state index contributed by atoms with van der Waals surface area (Å²) in [6, 6.07) is 7.88. The Bertz CT molecular complexity index is 954. The van der Waals surface area contributed by atoms with Crippen molar-refractivity contribution in [1.29, 1.82) is 0 Å². The Morgan fingerprint density at radius 2 is 1.86 bits per heavy atom. The minimum absolute atomic E-state index is 0.690. The Balaban J connectivity index is 1.43. The highest BCUT2D eigenvalue weighted by Gasteiger charge is 2.14. The first-order valence-electron chi connectivity index (χ1n) is 9.28. The summed E-state index contributed by atoms with van der Waals surface area (Å²) in [6.45, 7) is 10.4. The van der Waals surface area contributed by atoms with Crippen LogP contribution in [0.2, 0.25) is 0 Å². The van der Waals surface area contributed by atoms with Crippen molar-refractivity contribution in [2.75, 3.05) is 28.6 Å². The first-order valence-corrected chi connectivity index (χ1v) is 9.28. The molecule has 1 aliphatic heterocycles. The zero-order chi connectivity index (χ0) is 19.3. The van der Waals surface area contributed by atoms with Crippen LogP contribution in [0.25, 0.3) is 11.4 Å². The van der Waals surface area contributed by atoms with Crippen molar-refractivity contribution in [3.05, 3.63) is 73.5 Å². The van der Waals surface area contributed by atoms with Crippen LogP contribution in [0.3, 0.4) is 0 Å². The van der Waals surface area contributed by atoms with Gasteiger partial charge in [-0.15, -0.1) is 0 Å². The molecule has 0 saturated carbocycles. The van der Waals surface area contributed by atoms with Gasteiger partial charge in [-0.3, -0.25) is 10.1 Å². The number of nitrogens with zero attached hydrogens (tertiary/aromatic N) is 4. The van der Waals surface area contributed by atoms with Crippen molar-refractivity contribution in [2.45, 2.75) is 12.8 Å². The van der Waals surface area contributed by atoms with E-state index in [1.165, 1.54) is 12.8 Å². The lowest BCUT2D eigenvalue weighted by atomic mass is 10.2. The predicted molar refractivity (Wildman–Crippen MR) is 114 cm³/mol. The molecule has 7 heteroatoms. The maximum atomic E-state index is 4.57. The molecule has 1 fully saturated rings. The molecule has 0 amide bonds. The van der Waals surface area contributed by atoms with Gasteiger partial charge in [0.1, 0.15) is 11.5 Å². The molecule has 28 heavy (non-hydrogen) atoms. The molecule has 142 valence electrons. The highest BCUT2D eigenvalue weighted by molar-refractivity contribution is 5.84. The second-order valence-electron chi connectivity index (χ2n) is 6.71. The van der Waals surface area contributed by atoms with Gasteiger partial charge in [0.2, 0.25) is 0 Å². The van der Waals surface area contributed by atoms with Crippen LogP contribution in [0.5, 0.6) is 0 Å². The third kappa shape index (κ3) is 3.88. The van der Waals surface area contributed by atoms with E-state index in [9.17, 15) is 0 Å². The smallest absolute Gasteiger partial charge is 0.128 e. The number of aromatic nitrogens is 4. The van der Waals surface area contributed by atoms with E-state index < -0.39 is 0 Å². The third-order valence-corrected chi connectivity index (χ3v) is 4.71. The molecular formula is C21H23N7. The summed E-state index contributed by atoms with van der Waals surface area (Å²) in [6.07, 6.45) is 9.50. The van der Waals surface area contributed by atoms with E-state index >= 15 is 0 Å². The second-order valence-corrected chi connectivity index (χ2v) is 6.71. The number of pyridine rings is 2. The van der Waals surface area contributed by atoms with Gasteiger partial charge < -0.3 is 15.5 Å². The molecule has 4 heterocycles. The van der Waals surface area contributed by atoms with E-state index in [0.29, 0.717) is 5.70 Å². The standard InChI is InChI=1S/C21H23N7/c1-15(17-6-5-9-22-12-17)26-19-14-24-27-21(19)16(2)25-18-7-8-20(23-13-18)28-10-3-4-11-28/h5-9,12-14,25-26H,1-4,10-11H2,(H,24,27). The number of nitrogens with one attached hydrogen (secondary N) is 3. The molecule has 4 rings (SSSR count). The summed E-state index contributed by atoms with van der Waals surface area (Å²) in [7, 11) is 0. The highest BCUT2D eigenvalue weighted by Crippen LogP contribution is 2.26. The van der Waals surface area contributed by atoms with Gasteiger partial charge >= 0.3 is 0 Å². The van der Waals surface area contributed by atoms with Crippen LogP contribution in [-0.4, -0.2) is 33.3 Å². The average molecular weight is 373 g/mol. The summed E-state index contributed by atoms with van der Waals surface area (Å²) in [4.78, 5) is 11.0. The normalized spacial score (nSPS) is 13.4. The molecule has 0 radical (unpaired) electrons. The zero-order valence-corrected chi connectivity index (χ0v) is 15.7.